The van der Waals surface area contributed by atoms with Crippen molar-refractivity contribution >= 4 is 27.6 Å². The van der Waals surface area contributed by atoms with Crippen molar-refractivity contribution < 1.29 is 15.0 Å². The lowest BCUT2D eigenvalue weighted by Gasteiger charge is -2.30. The van der Waals surface area contributed by atoms with Gasteiger partial charge < -0.3 is 15.5 Å². The Bertz CT molecular complexity index is 436. The fraction of sp³-hybridized carbons (Fsp3) is 0.500. The lowest BCUT2D eigenvalue weighted by atomic mass is 9.83. The summed E-state index contributed by atoms with van der Waals surface area (Å²) in [5, 5.41) is 21.8. The number of anilines is 1. The summed E-state index contributed by atoms with van der Waals surface area (Å²) in [6, 6.07) is 5.11. The number of halogens is 1. The largest absolute Gasteiger partial charge is 0.478 e. The molecule has 106 valence electrons. The van der Waals surface area contributed by atoms with E-state index in [-0.39, 0.29) is 17.6 Å². The van der Waals surface area contributed by atoms with Crippen LogP contribution in [-0.4, -0.2) is 29.3 Å². The van der Waals surface area contributed by atoms with E-state index in [1.54, 1.807) is 18.2 Å². The smallest absolute Gasteiger partial charge is 0.337 e. The van der Waals surface area contributed by atoms with E-state index in [2.05, 4.69) is 21.2 Å². The van der Waals surface area contributed by atoms with Gasteiger partial charge >= 0.3 is 5.97 Å². The van der Waals surface area contributed by atoms with Crippen LogP contribution < -0.4 is 5.32 Å². The van der Waals surface area contributed by atoms with Gasteiger partial charge in [-0.25, -0.2) is 4.79 Å². The van der Waals surface area contributed by atoms with Gasteiger partial charge in [0.05, 0.1) is 12.2 Å². The zero-order chi connectivity index (χ0) is 14.5. The number of hydrogen-bond donors (Lipinski definition) is 3. The lowest BCUT2D eigenvalue weighted by Crippen LogP contribution is -2.32. The highest BCUT2D eigenvalue weighted by atomic mass is 79.9. The van der Waals surface area contributed by atoms with Crippen LogP contribution in [0.3, 0.4) is 0 Å². The summed E-state index contributed by atoms with van der Waals surface area (Å²) in [5.41, 5.74) is 0.604. The molecule has 0 atom stereocenters. The number of carboxylic acid groups (broad SMARTS) is 1. The van der Waals surface area contributed by atoms with Gasteiger partial charge in [0, 0.05) is 22.1 Å². The fourth-order valence-electron chi connectivity index (χ4n) is 1.91. The van der Waals surface area contributed by atoms with Gasteiger partial charge in [-0.1, -0.05) is 29.8 Å². The van der Waals surface area contributed by atoms with Crippen molar-refractivity contribution in [3.05, 3.63) is 28.2 Å². The van der Waals surface area contributed by atoms with E-state index in [9.17, 15) is 15.0 Å². The van der Waals surface area contributed by atoms with Crippen LogP contribution in [0.25, 0.3) is 0 Å². The van der Waals surface area contributed by atoms with Crippen molar-refractivity contribution in [2.45, 2.75) is 26.7 Å². The fourth-order valence-corrected chi connectivity index (χ4v) is 2.27. The number of aliphatic hydroxyl groups excluding tert-OH is 1. The van der Waals surface area contributed by atoms with Crippen LogP contribution in [0.15, 0.2) is 22.7 Å². The minimum Gasteiger partial charge on any atom is -0.478 e. The molecule has 19 heavy (non-hydrogen) atoms. The van der Waals surface area contributed by atoms with Gasteiger partial charge in [-0.2, -0.15) is 0 Å². The molecular formula is C14H20BrNO3. The molecule has 1 aromatic rings. The second-order valence-corrected chi connectivity index (χ2v) is 5.63. The van der Waals surface area contributed by atoms with Crippen LogP contribution in [0, 0.1) is 5.41 Å². The second-order valence-electron chi connectivity index (χ2n) is 4.71. The molecule has 0 fully saturated rings. The number of carboxylic acids is 1. The van der Waals surface area contributed by atoms with Crippen molar-refractivity contribution in [2.75, 3.05) is 18.5 Å². The molecular weight excluding hydrogens is 310 g/mol. The number of rotatable bonds is 7. The predicted molar refractivity (Wildman–Crippen MR) is 79.7 cm³/mol. The highest BCUT2D eigenvalue weighted by Gasteiger charge is 2.25. The Kier molecular flexibility index (Phi) is 5.82. The summed E-state index contributed by atoms with van der Waals surface area (Å²) >= 11 is 3.27. The molecule has 1 rings (SSSR count). The molecule has 0 radical (unpaired) electrons. The Hall–Kier alpha value is -1.07. The monoisotopic (exact) mass is 329 g/mol. The first kappa shape index (κ1) is 16.0. The van der Waals surface area contributed by atoms with E-state index in [0.717, 1.165) is 17.3 Å². The van der Waals surface area contributed by atoms with Gasteiger partial charge in [-0.3, -0.25) is 0 Å². The standard InChI is InChI=1S/C14H20BrNO3/c1-3-14(4-2,9-17)8-16-12-6-5-10(15)7-11(12)13(18)19/h5-7,16-17H,3-4,8-9H2,1-2H3,(H,18,19). The Morgan fingerprint density at radius 1 is 1.37 bits per heavy atom. The summed E-state index contributed by atoms with van der Waals surface area (Å²) in [6.45, 7) is 4.70. The predicted octanol–water partition coefficient (Wildman–Crippen LogP) is 3.36. The molecule has 0 heterocycles. The average molecular weight is 330 g/mol. The van der Waals surface area contributed by atoms with E-state index in [0.29, 0.717) is 12.2 Å². The van der Waals surface area contributed by atoms with Crippen molar-refractivity contribution in [1.29, 1.82) is 0 Å². The van der Waals surface area contributed by atoms with E-state index in [1.165, 1.54) is 0 Å². The maximum Gasteiger partial charge on any atom is 0.337 e. The third-order valence-corrected chi connectivity index (χ3v) is 4.19. The zero-order valence-electron chi connectivity index (χ0n) is 11.2. The van der Waals surface area contributed by atoms with Gasteiger partial charge in [-0.05, 0) is 31.0 Å². The number of aromatic carboxylic acids is 1. The number of carbonyl (C=O) groups is 1. The first-order chi connectivity index (χ1) is 8.98. The number of nitrogens with one attached hydrogen (secondary N) is 1. The lowest BCUT2D eigenvalue weighted by molar-refractivity contribution is 0.0697. The quantitative estimate of drug-likeness (QED) is 0.717. The Balaban J connectivity index is 2.91. The van der Waals surface area contributed by atoms with Gasteiger partial charge in [0.15, 0.2) is 0 Å². The third-order valence-electron chi connectivity index (χ3n) is 3.70. The molecule has 0 spiro atoms. The minimum atomic E-state index is -0.966. The highest BCUT2D eigenvalue weighted by molar-refractivity contribution is 9.10. The summed E-state index contributed by atoms with van der Waals surface area (Å²) in [7, 11) is 0. The van der Waals surface area contributed by atoms with Gasteiger partial charge in [-0.15, -0.1) is 0 Å². The molecule has 0 aliphatic rings. The van der Waals surface area contributed by atoms with Crippen molar-refractivity contribution in [3.8, 4) is 0 Å². The van der Waals surface area contributed by atoms with Crippen LogP contribution in [0.1, 0.15) is 37.0 Å². The molecule has 0 saturated carbocycles. The van der Waals surface area contributed by atoms with Gasteiger partial charge in [0.2, 0.25) is 0 Å². The number of aliphatic hydroxyl groups is 1. The maximum absolute atomic E-state index is 11.2. The Morgan fingerprint density at radius 2 is 2.00 bits per heavy atom. The molecule has 4 nitrogen and oxygen atoms in total. The summed E-state index contributed by atoms with van der Waals surface area (Å²) in [4.78, 5) is 11.2. The third kappa shape index (κ3) is 3.94. The minimum absolute atomic E-state index is 0.0892. The van der Waals surface area contributed by atoms with Gasteiger partial charge in [0.25, 0.3) is 0 Å². The van der Waals surface area contributed by atoms with Crippen LogP contribution in [0.5, 0.6) is 0 Å². The van der Waals surface area contributed by atoms with Crippen molar-refractivity contribution in [2.24, 2.45) is 5.41 Å². The summed E-state index contributed by atoms with van der Waals surface area (Å²) in [6.07, 6.45) is 1.68. The van der Waals surface area contributed by atoms with Crippen LogP contribution in [0.2, 0.25) is 0 Å². The molecule has 0 aliphatic heterocycles. The first-order valence-corrected chi connectivity index (χ1v) is 7.15. The molecule has 0 aromatic heterocycles. The normalized spacial score (nSPS) is 11.4. The summed E-state index contributed by atoms with van der Waals surface area (Å²) < 4.78 is 0.731. The SMILES string of the molecule is CCC(CC)(CO)CNc1ccc(Br)cc1C(=O)O. The average Bonchev–Trinajstić information content (AvgIpc) is 2.42. The van der Waals surface area contributed by atoms with Gasteiger partial charge in [0.1, 0.15) is 0 Å². The number of hydrogen-bond acceptors (Lipinski definition) is 3. The van der Waals surface area contributed by atoms with Crippen LogP contribution in [-0.2, 0) is 0 Å². The van der Waals surface area contributed by atoms with Crippen molar-refractivity contribution in [3.63, 3.8) is 0 Å². The second kappa shape index (κ2) is 6.91. The van der Waals surface area contributed by atoms with Crippen LogP contribution in [0.4, 0.5) is 5.69 Å². The number of benzene rings is 1. The van der Waals surface area contributed by atoms with E-state index >= 15 is 0 Å². The Morgan fingerprint density at radius 3 is 2.47 bits per heavy atom. The topological polar surface area (TPSA) is 69.6 Å². The van der Waals surface area contributed by atoms with Crippen LogP contribution >= 0.6 is 15.9 Å². The molecule has 3 N–H and O–H groups in total. The van der Waals surface area contributed by atoms with E-state index in [4.69, 9.17) is 0 Å². The van der Waals surface area contributed by atoms with E-state index < -0.39 is 5.97 Å². The molecule has 0 aliphatic carbocycles. The van der Waals surface area contributed by atoms with E-state index in [1.807, 2.05) is 13.8 Å². The molecule has 0 saturated heterocycles. The molecule has 0 bridgehead atoms. The Labute approximate surface area is 122 Å². The molecule has 1 aromatic carbocycles. The molecule has 0 unspecified atom stereocenters. The highest BCUT2D eigenvalue weighted by Crippen LogP contribution is 2.28. The zero-order valence-corrected chi connectivity index (χ0v) is 12.8. The summed E-state index contributed by atoms with van der Waals surface area (Å²) in [5.74, 6) is -0.966. The maximum atomic E-state index is 11.2. The van der Waals surface area contributed by atoms with Crippen molar-refractivity contribution in [1.82, 2.24) is 0 Å². The first-order valence-electron chi connectivity index (χ1n) is 6.35. The molecule has 5 heteroatoms. The molecule has 0 amide bonds.